The summed E-state index contributed by atoms with van der Waals surface area (Å²) in [6.07, 6.45) is 3.34. The van der Waals surface area contributed by atoms with Crippen molar-refractivity contribution in [2.45, 2.75) is 17.2 Å². The van der Waals surface area contributed by atoms with Gasteiger partial charge in [-0.3, -0.25) is 19.8 Å². The van der Waals surface area contributed by atoms with Crippen LogP contribution in [0.4, 0.5) is 0 Å². The first-order valence-corrected chi connectivity index (χ1v) is 12.8. The topological polar surface area (TPSA) is 99.3 Å². The second-order valence-corrected chi connectivity index (χ2v) is 10.4. The Morgan fingerprint density at radius 2 is 1.68 bits per heavy atom. The third-order valence-corrected chi connectivity index (χ3v) is 7.81. The highest BCUT2D eigenvalue weighted by Gasteiger charge is 2.23. The van der Waals surface area contributed by atoms with Crippen molar-refractivity contribution < 1.29 is 13.2 Å². The maximum atomic E-state index is 13.1. The smallest absolute Gasteiger partial charge is 0.253 e. The molecule has 0 saturated carbocycles. The summed E-state index contributed by atoms with van der Waals surface area (Å²) < 4.78 is 26.2. The Labute approximate surface area is 198 Å². The lowest BCUT2D eigenvalue weighted by Gasteiger charge is -2.34. The van der Waals surface area contributed by atoms with Crippen molar-refractivity contribution >= 4 is 26.6 Å². The van der Waals surface area contributed by atoms with E-state index in [1.165, 1.54) is 0 Å². The van der Waals surface area contributed by atoms with Gasteiger partial charge in [0.05, 0.1) is 16.2 Å². The van der Waals surface area contributed by atoms with E-state index in [1.807, 2.05) is 23.1 Å². The number of carbonyl (C=O) groups excluding carboxylic acids is 1. The third kappa shape index (κ3) is 4.71. The zero-order valence-electron chi connectivity index (χ0n) is 18.6. The largest absolute Gasteiger partial charge is 0.336 e. The second kappa shape index (κ2) is 9.36. The molecule has 1 aliphatic rings. The number of aromatic amines is 1. The van der Waals surface area contributed by atoms with E-state index >= 15 is 0 Å². The summed E-state index contributed by atoms with van der Waals surface area (Å²) in [5.41, 5.74) is 2.73. The Hall–Kier alpha value is -3.56. The van der Waals surface area contributed by atoms with E-state index in [9.17, 15) is 13.2 Å². The lowest BCUT2D eigenvalue weighted by molar-refractivity contribution is 0.0627. The van der Waals surface area contributed by atoms with Crippen LogP contribution in [0.25, 0.3) is 10.9 Å². The Morgan fingerprint density at radius 1 is 0.912 bits per heavy atom. The number of rotatable bonds is 6. The van der Waals surface area contributed by atoms with Crippen molar-refractivity contribution in [2.24, 2.45) is 0 Å². The molecule has 9 heteroatoms. The molecule has 1 fully saturated rings. The molecular formula is C25H25N5O3S. The monoisotopic (exact) mass is 475 g/mol. The van der Waals surface area contributed by atoms with Gasteiger partial charge in [-0.2, -0.15) is 5.10 Å². The highest BCUT2D eigenvalue weighted by atomic mass is 32.2. The van der Waals surface area contributed by atoms with Gasteiger partial charge in [-0.1, -0.05) is 30.3 Å². The molecule has 1 aliphatic heterocycles. The first-order chi connectivity index (χ1) is 16.5. The fraction of sp³-hybridized carbons (Fsp3) is 0.240. The summed E-state index contributed by atoms with van der Waals surface area (Å²) in [6, 6.07) is 17.6. The molecule has 2 aromatic heterocycles. The molecule has 0 bridgehead atoms. The number of hydrogen-bond donors (Lipinski definition) is 1. The molecule has 2 aromatic carbocycles. The van der Waals surface area contributed by atoms with Gasteiger partial charge >= 0.3 is 0 Å². The number of sulfone groups is 1. The van der Waals surface area contributed by atoms with Gasteiger partial charge < -0.3 is 4.90 Å². The lowest BCUT2D eigenvalue weighted by atomic mass is 10.1. The van der Waals surface area contributed by atoms with Gasteiger partial charge in [-0.15, -0.1) is 0 Å². The number of aromatic nitrogens is 3. The standard InChI is InChI=1S/C25H25N5O3S/c31-25(30-15-13-29(14-16-30)17-22-10-12-27-28-22)21-8-6-19(7-9-21)18-34(32,33)23-5-1-3-20-4-2-11-26-24(20)23/h1-12H,13-18H2,(H,27,28). The molecule has 3 heterocycles. The van der Waals surface area contributed by atoms with Crippen LogP contribution in [0, 0.1) is 0 Å². The molecule has 1 saturated heterocycles. The van der Waals surface area contributed by atoms with Crippen molar-refractivity contribution in [1.29, 1.82) is 0 Å². The predicted octanol–water partition coefficient (Wildman–Crippen LogP) is 2.89. The van der Waals surface area contributed by atoms with Crippen LogP contribution in [-0.2, 0) is 22.1 Å². The number of pyridine rings is 1. The van der Waals surface area contributed by atoms with Crippen molar-refractivity contribution in [3.05, 3.63) is 89.9 Å². The van der Waals surface area contributed by atoms with Gasteiger partial charge in [-0.05, 0) is 35.9 Å². The van der Waals surface area contributed by atoms with Crippen molar-refractivity contribution in [1.82, 2.24) is 25.0 Å². The summed E-state index contributed by atoms with van der Waals surface area (Å²) in [7, 11) is -3.59. The number of hydrogen-bond acceptors (Lipinski definition) is 6. The normalized spacial score (nSPS) is 15.0. The molecule has 0 atom stereocenters. The zero-order chi connectivity index (χ0) is 23.5. The molecule has 0 radical (unpaired) electrons. The van der Waals surface area contributed by atoms with Gasteiger partial charge in [0.2, 0.25) is 0 Å². The number of para-hydroxylation sites is 1. The van der Waals surface area contributed by atoms with Crippen LogP contribution in [0.2, 0.25) is 0 Å². The average molecular weight is 476 g/mol. The van der Waals surface area contributed by atoms with Crippen molar-refractivity contribution in [3.63, 3.8) is 0 Å². The average Bonchev–Trinajstić information content (AvgIpc) is 3.37. The van der Waals surface area contributed by atoms with Crippen LogP contribution >= 0.6 is 0 Å². The molecule has 34 heavy (non-hydrogen) atoms. The van der Waals surface area contributed by atoms with Crippen LogP contribution in [0.15, 0.2) is 78.0 Å². The summed E-state index contributed by atoms with van der Waals surface area (Å²) in [5, 5.41) is 7.73. The molecule has 8 nitrogen and oxygen atoms in total. The van der Waals surface area contributed by atoms with Gasteiger partial charge in [0, 0.05) is 61.8 Å². The summed E-state index contributed by atoms with van der Waals surface area (Å²) in [5.74, 6) is -0.183. The van der Waals surface area contributed by atoms with E-state index in [0.717, 1.165) is 30.7 Å². The fourth-order valence-electron chi connectivity index (χ4n) is 4.27. The Morgan fingerprint density at radius 3 is 2.41 bits per heavy atom. The minimum absolute atomic E-state index is 0.0335. The first kappa shape index (κ1) is 22.2. The van der Waals surface area contributed by atoms with Crippen LogP contribution < -0.4 is 0 Å². The van der Waals surface area contributed by atoms with E-state index in [-0.39, 0.29) is 16.6 Å². The molecule has 174 valence electrons. The van der Waals surface area contributed by atoms with E-state index in [2.05, 4.69) is 20.1 Å². The predicted molar refractivity (Wildman–Crippen MR) is 129 cm³/mol. The number of piperazine rings is 1. The van der Waals surface area contributed by atoms with E-state index in [1.54, 1.807) is 54.9 Å². The molecule has 1 amide bonds. The van der Waals surface area contributed by atoms with Gasteiger partial charge in [0.25, 0.3) is 5.91 Å². The van der Waals surface area contributed by atoms with Crippen LogP contribution in [-0.4, -0.2) is 65.5 Å². The maximum Gasteiger partial charge on any atom is 0.253 e. The maximum absolute atomic E-state index is 13.1. The molecule has 5 rings (SSSR count). The molecule has 0 unspecified atom stereocenters. The van der Waals surface area contributed by atoms with Crippen molar-refractivity contribution in [3.8, 4) is 0 Å². The minimum Gasteiger partial charge on any atom is -0.336 e. The van der Waals surface area contributed by atoms with E-state index in [0.29, 0.717) is 29.7 Å². The van der Waals surface area contributed by atoms with E-state index < -0.39 is 9.84 Å². The number of fused-ring (bicyclic) bond motifs is 1. The second-order valence-electron chi connectivity index (χ2n) is 8.44. The summed E-state index contributed by atoms with van der Waals surface area (Å²) in [6.45, 7) is 3.67. The Kier molecular flexibility index (Phi) is 6.12. The summed E-state index contributed by atoms with van der Waals surface area (Å²) in [4.78, 5) is 21.6. The molecule has 1 N–H and O–H groups in total. The number of carbonyl (C=O) groups is 1. The highest BCUT2D eigenvalue weighted by molar-refractivity contribution is 7.90. The van der Waals surface area contributed by atoms with Crippen LogP contribution in [0.1, 0.15) is 21.6 Å². The number of H-pyrrole nitrogens is 1. The lowest BCUT2D eigenvalue weighted by Crippen LogP contribution is -2.48. The Bertz CT molecular complexity index is 1390. The first-order valence-electron chi connectivity index (χ1n) is 11.1. The van der Waals surface area contributed by atoms with Crippen molar-refractivity contribution in [2.75, 3.05) is 26.2 Å². The molecule has 0 spiro atoms. The zero-order valence-corrected chi connectivity index (χ0v) is 19.4. The van der Waals surface area contributed by atoms with Crippen LogP contribution in [0.3, 0.4) is 0 Å². The van der Waals surface area contributed by atoms with Gasteiger partial charge in [-0.25, -0.2) is 8.42 Å². The number of nitrogens with one attached hydrogen (secondary N) is 1. The number of nitrogens with zero attached hydrogens (tertiary/aromatic N) is 4. The van der Waals surface area contributed by atoms with Gasteiger partial charge in [0.1, 0.15) is 0 Å². The molecule has 0 aliphatic carbocycles. The molecule has 4 aromatic rings. The fourth-order valence-corrected chi connectivity index (χ4v) is 5.81. The van der Waals surface area contributed by atoms with Gasteiger partial charge in [0.15, 0.2) is 9.84 Å². The molecular weight excluding hydrogens is 450 g/mol. The summed E-state index contributed by atoms with van der Waals surface area (Å²) >= 11 is 0. The minimum atomic E-state index is -3.59. The third-order valence-electron chi connectivity index (χ3n) is 6.10. The number of benzene rings is 2. The van der Waals surface area contributed by atoms with Crippen LogP contribution in [0.5, 0.6) is 0 Å². The number of amides is 1. The quantitative estimate of drug-likeness (QED) is 0.460. The van der Waals surface area contributed by atoms with E-state index in [4.69, 9.17) is 0 Å². The highest BCUT2D eigenvalue weighted by Crippen LogP contribution is 2.24. The Balaban J connectivity index is 1.23. The SMILES string of the molecule is O=C(c1ccc(CS(=O)(=O)c2cccc3cccnc23)cc1)N1CCN(Cc2ccn[nH]2)CC1.